The smallest absolute Gasteiger partial charge is 0.325 e. The largest absolute Gasteiger partial charge is 0.492 e. The highest BCUT2D eigenvalue weighted by Gasteiger charge is 2.54. The molecular formula is C17H21FN2O3. The molecule has 1 aliphatic carbocycles. The van der Waals surface area contributed by atoms with E-state index in [2.05, 4.69) is 5.32 Å². The number of hydrogen-bond donors (Lipinski definition) is 1. The van der Waals surface area contributed by atoms with Crippen molar-refractivity contribution < 1.29 is 18.7 Å². The maximum atomic E-state index is 12.8. The van der Waals surface area contributed by atoms with E-state index >= 15 is 0 Å². The van der Waals surface area contributed by atoms with Gasteiger partial charge in [0.2, 0.25) is 0 Å². The van der Waals surface area contributed by atoms with Gasteiger partial charge in [0.25, 0.3) is 5.91 Å². The molecule has 1 spiro atoms. The fraction of sp³-hybridized carbons (Fsp3) is 0.529. The molecule has 5 nitrogen and oxygen atoms in total. The van der Waals surface area contributed by atoms with E-state index in [-0.39, 0.29) is 36.8 Å². The summed E-state index contributed by atoms with van der Waals surface area (Å²) >= 11 is 0. The van der Waals surface area contributed by atoms with Crippen molar-refractivity contribution in [3.63, 3.8) is 0 Å². The van der Waals surface area contributed by atoms with E-state index in [9.17, 15) is 14.0 Å². The number of carbonyl (C=O) groups excluding carboxylic acids is 2. The van der Waals surface area contributed by atoms with E-state index in [4.69, 9.17) is 4.74 Å². The van der Waals surface area contributed by atoms with Crippen LogP contribution in [0.4, 0.5) is 9.18 Å². The molecule has 1 saturated carbocycles. The third-order valence-electron chi connectivity index (χ3n) is 4.90. The molecule has 124 valence electrons. The lowest BCUT2D eigenvalue weighted by atomic mass is 9.73. The third-order valence-corrected chi connectivity index (χ3v) is 4.90. The van der Waals surface area contributed by atoms with E-state index in [0.717, 1.165) is 19.3 Å². The zero-order valence-corrected chi connectivity index (χ0v) is 13.2. The van der Waals surface area contributed by atoms with Crippen molar-refractivity contribution in [3.05, 3.63) is 30.1 Å². The first-order chi connectivity index (χ1) is 11.0. The summed E-state index contributed by atoms with van der Waals surface area (Å²) in [6, 6.07) is 5.31. The fourth-order valence-electron chi connectivity index (χ4n) is 3.48. The Labute approximate surface area is 134 Å². The fourth-order valence-corrected chi connectivity index (χ4v) is 3.48. The van der Waals surface area contributed by atoms with Crippen LogP contribution in [-0.2, 0) is 4.79 Å². The van der Waals surface area contributed by atoms with Crippen LogP contribution in [0, 0.1) is 11.7 Å². The first-order valence-corrected chi connectivity index (χ1v) is 8.05. The Kier molecular flexibility index (Phi) is 4.24. The van der Waals surface area contributed by atoms with Crippen LogP contribution >= 0.6 is 0 Å². The molecule has 2 fully saturated rings. The van der Waals surface area contributed by atoms with E-state index in [1.807, 2.05) is 6.92 Å². The molecule has 1 aromatic carbocycles. The SMILES string of the molecule is C[C@H]1CCCC[C@@]12NC(=O)N(CCOc1ccc(F)cc1)C2=O. The lowest BCUT2D eigenvalue weighted by Gasteiger charge is -2.36. The number of rotatable bonds is 4. The number of halogens is 1. The average Bonchev–Trinajstić information content (AvgIpc) is 2.77. The zero-order chi connectivity index (χ0) is 16.4. The lowest BCUT2D eigenvalue weighted by Crippen LogP contribution is -2.54. The standard InChI is InChI=1S/C17H21FN2O3/c1-12-4-2-3-9-17(12)15(21)20(16(22)19-17)10-11-23-14-7-5-13(18)6-8-14/h5-8,12H,2-4,9-11H2,1H3,(H,19,22)/t12-,17+/m0/s1. The number of benzene rings is 1. The summed E-state index contributed by atoms with van der Waals surface area (Å²) in [4.78, 5) is 26.1. The molecule has 1 aromatic rings. The summed E-state index contributed by atoms with van der Waals surface area (Å²) < 4.78 is 18.3. The molecule has 3 rings (SSSR count). The molecule has 1 heterocycles. The summed E-state index contributed by atoms with van der Waals surface area (Å²) in [5.74, 6) is 0.187. The van der Waals surface area contributed by atoms with Gasteiger partial charge in [-0.1, -0.05) is 19.8 Å². The molecule has 1 aliphatic heterocycles. The minimum atomic E-state index is -0.731. The molecule has 0 unspecified atom stereocenters. The molecule has 1 saturated heterocycles. The quantitative estimate of drug-likeness (QED) is 0.868. The van der Waals surface area contributed by atoms with Gasteiger partial charge in [-0.25, -0.2) is 9.18 Å². The molecule has 23 heavy (non-hydrogen) atoms. The lowest BCUT2D eigenvalue weighted by molar-refractivity contribution is -0.134. The summed E-state index contributed by atoms with van der Waals surface area (Å²) in [7, 11) is 0. The highest BCUT2D eigenvalue weighted by Crippen LogP contribution is 2.38. The second kappa shape index (κ2) is 6.18. The van der Waals surface area contributed by atoms with E-state index in [1.165, 1.54) is 29.2 Å². The molecule has 2 atom stereocenters. The summed E-state index contributed by atoms with van der Waals surface area (Å²) in [5, 5.41) is 2.91. The van der Waals surface area contributed by atoms with Crippen LogP contribution < -0.4 is 10.1 Å². The van der Waals surface area contributed by atoms with Crippen LogP contribution in [0.15, 0.2) is 24.3 Å². The Morgan fingerprint density at radius 1 is 1.30 bits per heavy atom. The second-order valence-electron chi connectivity index (χ2n) is 6.31. The Morgan fingerprint density at radius 3 is 2.74 bits per heavy atom. The van der Waals surface area contributed by atoms with Crippen LogP contribution in [0.1, 0.15) is 32.6 Å². The van der Waals surface area contributed by atoms with Gasteiger partial charge in [-0.3, -0.25) is 9.69 Å². The number of nitrogens with zero attached hydrogens (tertiary/aromatic N) is 1. The van der Waals surface area contributed by atoms with E-state index in [0.29, 0.717) is 12.2 Å². The molecular weight excluding hydrogens is 299 g/mol. The molecule has 0 bridgehead atoms. The number of urea groups is 1. The summed E-state index contributed by atoms with van der Waals surface area (Å²) in [6.07, 6.45) is 3.70. The molecule has 6 heteroatoms. The van der Waals surface area contributed by atoms with Crippen LogP contribution in [0.3, 0.4) is 0 Å². The van der Waals surface area contributed by atoms with Gasteiger partial charge >= 0.3 is 6.03 Å². The highest BCUT2D eigenvalue weighted by atomic mass is 19.1. The summed E-state index contributed by atoms with van der Waals surface area (Å²) in [5.41, 5.74) is -0.731. The molecule has 0 radical (unpaired) electrons. The van der Waals surface area contributed by atoms with Gasteiger partial charge in [-0.2, -0.15) is 0 Å². The van der Waals surface area contributed by atoms with Gasteiger partial charge in [0.15, 0.2) is 0 Å². The van der Waals surface area contributed by atoms with Gasteiger partial charge in [-0.15, -0.1) is 0 Å². The van der Waals surface area contributed by atoms with Gasteiger partial charge in [0, 0.05) is 0 Å². The van der Waals surface area contributed by atoms with Crippen LogP contribution in [0.25, 0.3) is 0 Å². The topological polar surface area (TPSA) is 58.6 Å². The van der Waals surface area contributed by atoms with E-state index in [1.54, 1.807) is 0 Å². The number of amides is 3. The first kappa shape index (κ1) is 15.8. The zero-order valence-electron chi connectivity index (χ0n) is 13.2. The number of imide groups is 1. The van der Waals surface area contributed by atoms with E-state index < -0.39 is 5.54 Å². The van der Waals surface area contributed by atoms with Crippen molar-refractivity contribution in [2.75, 3.05) is 13.2 Å². The van der Waals surface area contributed by atoms with Crippen LogP contribution in [-0.4, -0.2) is 35.5 Å². The Bertz CT molecular complexity index is 604. The number of nitrogens with one attached hydrogen (secondary N) is 1. The normalized spacial score (nSPS) is 27.4. The predicted octanol–water partition coefficient (Wildman–Crippen LogP) is 2.71. The van der Waals surface area contributed by atoms with Crippen LogP contribution in [0.2, 0.25) is 0 Å². The molecule has 1 N–H and O–H groups in total. The Hall–Kier alpha value is -2.11. The van der Waals surface area contributed by atoms with Crippen molar-refractivity contribution >= 4 is 11.9 Å². The maximum absolute atomic E-state index is 12.8. The average molecular weight is 320 g/mol. The number of hydrogen-bond acceptors (Lipinski definition) is 3. The van der Waals surface area contributed by atoms with Gasteiger partial charge in [0.05, 0.1) is 6.54 Å². The minimum Gasteiger partial charge on any atom is -0.492 e. The van der Waals surface area contributed by atoms with Gasteiger partial charge in [-0.05, 0) is 43.0 Å². The first-order valence-electron chi connectivity index (χ1n) is 8.05. The van der Waals surface area contributed by atoms with Crippen molar-refractivity contribution in [1.82, 2.24) is 10.2 Å². The van der Waals surface area contributed by atoms with Crippen molar-refractivity contribution in [2.24, 2.45) is 5.92 Å². The number of ether oxygens (including phenoxy) is 1. The molecule has 0 aromatic heterocycles. The van der Waals surface area contributed by atoms with Crippen molar-refractivity contribution in [3.8, 4) is 5.75 Å². The van der Waals surface area contributed by atoms with Crippen molar-refractivity contribution in [2.45, 2.75) is 38.1 Å². The Morgan fingerprint density at radius 2 is 2.04 bits per heavy atom. The predicted molar refractivity (Wildman–Crippen MR) is 82.5 cm³/mol. The second-order valence-corrected chi connectivity index (χ2v) is 6.31. The molecule has 2 aliphatic rings. The molecule has 3 amide bonds. The summed E-state index contributed by atoms with van der Waals surface area (Å²) in [6.45, 7) is 2.40. The van der Waals surface area contributed by atoms with Crippen molar-refractivity contribution in [1.29, 1.82) is 0 Å². The van der Waals surface area contributed by atoms with Gasteiger partial charge in [0.1, 0.15) is 23.7 Å². The monoisotopic (exact) mass is 320 g/mol. The number of carbonyl (C=O) groups is 2. The minimum absolute atomic E-state index is 0.141. The third kappa shape index (κ3) is 2.90. The highest BCUT2D eigenvalue weighted by molar-refractivity contribution is 6.07. The van der Waals surface area contributed by atoms with Crippen LogP contribution in [0.5, 0.6) is 5.75 Å². The van der Waals surface area contributed by atoms with Gasteiger partial charge < -0.3 is 10.1 Å². The Balaban J connectivity index is 1.61. The maximum Gasteiger partial charge on any atom is 0.325 e.